The van der Waals surface area contributed by atoms with Crippen molar-refractivity contribution >= 4 is 11.9 Å². The van der Waals surface area contributed by atoms with Gasteiger partial charge in [-0.1, -0.05) is 105 Å². The highest BCUT2D eigenvalue weighted by Gasteiger charge is 2.43. The van der Waals surface area contributed by atoms with Crippen LogP contribution >= 0.6 is 0 Å². The van der Waals surface area contributed by atoms with Crippen LogP contribution in [0.3, 0.4) is 0 Å². The van der Waals surface area contributed by atoms with E-state index in [9.17, 15) is 4.79 Å². The second-order valence-corrected chi connectivity index (χ2v) is 11.4. The maximum atomic E-state index is 13.7. The summed E-state index contributed by atoms with van der Waals surface area (Å²) in [6.45, 7) is 6.98. The van der Waals surface area contributed by atoms with Crippen LogP contribution in [0.1, 0.15) is 49.3 Å². The first-order valence-corrected chi connectivity index (χ1v) is 13.3. The zero-order valence-corrected chi connectivity index (χ0v) is 21.7. The van der Waals surface area contributed by atoms with Crippen LogP contribution in [0.25, 0.3) is 6.08 Å². The minimum Gasteiger partial charge on any atom is -0.358 e. The molecule has 0 bridgehead atoms. The molecule has 6 rings (SSSR count). The molecule has 0 fully saturated rings. The molecule has 3 nitrogen and oxygen atoms in total. The van der Waals surface area contributed by atoms with E-state index in [-0.39, 0.29) is 17.1 Å². The summed E-state index contributed by atoms with van der Waals surface area (Å²) in [4.78, 5) is 16.2. The SMILES string of the molecule is CC1(C)CC(=O)C2=C(C1)NC1=C(CN(Cc3ccccc3)C/C1=C/c1ccccc1)C2c1ccccc1. The lowest BCUT2D eigenvalue weighted by molar-refractivity contribution is -0.118. The molecule has 1 unspecified atom stereocenters. The number of carbonyl (C=O) groups is 1. The van der Waals surface area contributed by atoms with Crippen LogP contribution in [0.4, 0.5) is 0 Å². The van der Waals surface area contributed by atoms with E-state index in [0.29, 0.717) is 6.42 Å². The third-order valence-corrected chi connectivity index (χ3v) is 7.79. The first kappa shape index (κ1) is 23.7. The fourth-order valence-corrected chi connectivity index (χ4v) is 6.24. The summed E-state index contributed by atoms with van der Waals surface area (Å²) in [5, 5.41) is 3.84. The first-order chi connectivity index (χ1) is 18.0. The Morgan fingerprint density at radius 1 is 0.865 bits per heavy atom. The normalized spacial score (nSPS) is 22.5. The Labute approximate surface area is 220 Å². The number of rotatable bonds is 4. The molecule has 3 aromatic carbocycles. The number of nitrogens with one attached hydrogen (secondary N) is 1. The Hall–Kier alpha value is -3.69. The second-order valence-electron chi connectivity index (χ2n) is 11.4. The van der Waals surface area contributed by atoms with Crippen LogP contribution in [-0.4, -0.2) is 23.8 Å². The van der Waals surface area contributed by atoms with Crippen molar-refractivity contribution in [2.75, 3.05) is 13.1 Å². The second kappa shape index (κ2) is 9.64. The summed E-state index contributed by atoms with van der Waals surface area (Å²) in [6, 6.07) is 31.9. The molecule has 0 aromatic heterocycles. The summed E-state index contributed by atoms with van der Waals surface area (Å²) in [7, 11) is 0. The quantitative estimate of drug-likeness (QED) is 0.437. The van der Waals surface area contributed by atoms with Gasteiger partial charge in [0.1, 0.15) is 0 Å². The Balaban J connectivity index is 1.50. The number of nitrogens with zero attached hydrogens (tertiary/aromatic N) is 1. The zero-order valence-electron chi connectivity index (χ0n) is 21.7. The lowest BCUT2D eigenvalue weighted by atomic mass is 9.67. The Morgan fingerprint density at radius 2 is 1.51 bits per heavy atom. The van der Waals surface area contributed by atoms with E-state index in [0.717, 1.165) is 37.3 Å². The largest absolute Gasteiger partial charge is 0.358 e. The van der Waals surface area contributed by atoms with Gasteiger partial charge in [0.2, 0.25) is 0 Å². The van der Waals surface area contributed by atoms with E-state index in [4.69, 9.17) is 0 Å². The van der Waals surface area contributed by atoms with E-state index >= 15 is 0 Å². The van der Waals surface area contributed by atoms with Crippen molar-refractivity contribution in [2.24, 2.45) is 5.41 Å². The van der Waals surface area contributed by atoms with Crippen LogP contribution in [0.15, 0.2) is 119 Å². The van der Waals surface area contributed by atoms with Crippen molar-refractivity contribution in [2.45, 2.75) is 39.2 Å². The molecule has 2 heterocycles. The molecule has 3 aliphatic rings. The number of benzene rings is 3. The van der Waals surface area contributed by atoms with Gasteiger partial charge in [-0.05, 0) is 45.7 Å². The minimum atomic E-state index is -0.0421. The number of carbonyl (C=O) groups excluding carboxylic acids is 1. The average molecular weight is 487 g/mol. The van der Waals surface area contributed by atoms with Crippen LogP contribution < -0.4 is 5.32 Å². The topological polar surface area (TPSA) is 32.3 Å². The van der Waals surface area contributed by atoms with E-state index in [1.54, 1.807) is 0 Å². The van der Waals surface area contributed by atoms with Crippen LogP contribution in [0.5, 0.6) is 0 Å². The molecular formula is C34H34N2O. The van der Waals surface area contributed by atoms with E-state index < -0.39 is 0 Å². The van der Waals surface area contributed by atoms with Crippen LogP contribution in [-0.2, 0) is 11.3 Å². The summed E-state index contributed by atoms with van der Waals surface area (Å²) in [5.41, 5.74) is 9.57. The zero-order chi connectivity index (χ0) is 25.4. The minimum absolute atomic E-state index is 0.0196. The standard InChI is InChI=1S/C34H34N2O/c1-34(2)19-29-32(30(37)20-34)31(26-16-10-5-11-17-26)28-23-36(21-25-14-8-4-9-15-25)22-27(33(28)35-29)18-24-12-6-3-7-13-24/h3-18,31,35H,19-23H2,1-2H3/b27-18-. The Bertz CT molecular complexity index is 1400. The highest BCUT2D eigenvalue weighted by molar-refractivity contribution is 6.00. The predicted molar refractivity (Wildman–Crippen MR) is 151 cm³/mol. The molecule has 0 radical (unpaired) electrons. The van der Waals surface area contributed by atoms with E-state index in [1.165, 1.54) is 33.5 Å². The maximum Gasteiger partial charge on any atom is 0.162 e. The molecule has 1 aliphatic carbocycles. The lowest BCUT2D eigenvalue weighted by Crippen LogP contribution is -2.44. The molecule has 186 valence electrons. The number of ketones is 1. The molecule has 0 saturated carbocycles. The molecule has 1 N–H and O–H groups in total. The number of hydrogen-bond acceptors (Lipinski definition) is 3. The molecule has 37 heavy (non-hydrogen) atoms. The van der Waals surface area contributed by atoms with Crippen LogP contribution in [0, 0.1) is 5.41 Å². The fourth-order valence-electron chi connectivity index (χ4n) is 6.24. The monoisotopic (exact) mass is 486 g/mol. The van der Waals surface area contributed by atoms with Gasteiger partial charge in [-0.25, -0.2) is 0 Å². The van der Waals surface area contributed by atoms with Gasteiger partial charge in [0.05, 0.1) is 0 Å². The van der Waals surface area contributed by atoms with Gasteiger partial charge in [0.15, 0.2) is 5.78 Å². The van der Waals surface area contributed by atoms with E-state index in [1.807, 2.05) is 0 Å². The van der Waals surface area contributed by atoms with Gasteiger partial charge in [-0.15, -0.1) is 0 Å². The summed E-state index contributed by atoms with van der Waals surface area (Å²) in [6.07, 6.45) is 3.81. The number of allylic oxidation sites excluding steroid dienone is 2. The lowest BCUT2D eigenvalue weighted by Gasteiger charge is -2.44. The number of dihydropyridines is 1. The third-order valence-electron chi connectivity index (χ3n) is 7.79. The van der Waals surface area contributed by atoms with Crippen molar-refractivity contribution in [1.29, 1.82) is 0 Å². The maximum absolute atomic E-state index is 13.7. The number of hydrogen-bond donors (Lipinski definition) is 1. The molecule has 0 amide bonds. The van der Waals surface area contributed by atoms with Crippen LogP contribution in [0.2, 0.25) is 0 Å². The fraction of sp³-hybridized carbons (Fsp3) is 0.265. The van der Waals surface area contributed by atoms with Crippen molar-refractivity contribution in [1.82, 2.24) is 10.2 Å². The molecular weight excluding hydrogens is 452 g/mol. The number of Topliss-reactive ketones (excluding diaryl/α,β-unsaturated/α-hetero) is 1. The van der Waals surface area contributed by atoms with Crippen molar-refractivity contribution in [3.63, 3.8) is 0 Å². The molecule has 0 saturated heterocycles. The van der Waals surface area contributed by atoms with Gasteiger partial charge >= 0.3 is 0 Å². The van der Waals surface area contributed by atoms with Gasteiger partial charge < -0.3 is 5.32 Å². The third kappa shape index (κ3) is 4.84. The summed E-state index contributed by atoms with van der Waals surface area (Å²) >= 11 is 0. The Kier molecular flexibility index (Phi) is 6.18. The van der Waals surface area contributed by atoms with Gasteiger partial charge in [-0.2, -0.15) is 0 Å². The highest BCUT2D eigenvalue weighted by Crippen LogP contribution is 2.48. The summed E-state index contributed by atoms with van der Waals surface area (Å²) in [5.74, 6) is 0.265. The van der Waals surface area contributed by atoms with Crippen molar-refractivity contribution in [3.05, 3.63) is 136 Å². The van der Waals surface area contributed by atoms with Gasteiger partial charge in [0, 0.05) is 48.9 Å². The Morgan fingerprint density at radius 3 is 2.22 bits per heavy atom. The van der Waals surface area contributed by atoms with Gasteiger partial charge in [-0.3, -0.25) is 9.69 Å². The molecule has 0 spiro atoms. The van der Waals surface area contributed by atoms with E-state index in [2.05, 4.69) is 121 Å². The first-order valence-electron chi connectivity index (χ1n) is 13.3. The smallest absolute Gasteiger partial charge is 0.162 e. The molecule has 3 aromatic rings. The highest BCUT2D eigenvalue weighted by atomic mass is 16.1. The molecule has 3 heteroatoms. The van der Waals surface area contributed by atoms with Crippen molar-refractivity contribution < 1.29 is 4.79 Å². The molecule has 1 atom stereocenters. The summed E-state index contributed by atoms with van der Waals surface area (Å²) < 4.78 is 0. The average Bonchev–Trinajstić information content (AvgIpc) is 2.89. The van der Waals surface area contributed by atoms with Crippen molar-refractivity contribution in [3.8, 4) is 0 Å². The predicted octanol–water partition coefficient (Wildman–Crippen LogP) is 6.87. The van der Waals surface area contributed by atoms with Gasteiger partial charge in [0.25, 0.3) is 0 Å². The molecule has 2 aliphatic heterocycles.